The standard InChI is InChI=1S/C13H15BrO4.C12H17NO3.C11H12O2/c1-8-4-6-10(7-5-8)11(14)12(13(16)17-3)18-9(2)15;1-8-4-6-9(7-5-8)10(13)11(15-2)12(14)16-3;1-9-3-5-10(6-4-9)7-8-11(12)13-2/h4-7,11-12H,1-3H3;4-7,10-11H,13H2,1-3H3;3-8H,1-2H3/b;;8-7+/t11-,12+;10-,11+;/m00./s1. The zero-order valence-electron chi connectivity index (χ0n) is 28.0. The molecule has 0 unspecified atom stereocenters. The van der Waals surface area contributed by atoms with Crippen molar-refractivity contribution < 1.29 is 42.9 Å². The summed E-state index contributed by atoms with van der Waals surface area (Å²) in [6.45, 7) is 7.24. The van der Waals surface area contributed by atoms with Gasteiger partial charge in [-0.15, -0.1) is 0 Å². The summed E-state index contributed by atoms with van der Waals surface area (Å²) in [6.07, 6.45) is 1.37. The van der Waals surface area contributed by atoms with E-state index in [1.54, 1.807) is 6.08 Å². The van der Waals surface area contributed by atoms with Crippen LogP contribution < -0.4 is 5.73 Å². The summed E-state index contributed by atoms with van der Waals surface area (Å²) in [6, 6.07) is 22.6. The van der Waals surface area contributed by atoms with E-state index in [2.05, 4.69) is 30.1 Å². The lowest BCUT2D eigenvalue weighted by atomic mass is 10.0. The number of aryl methyl sites for hydroxylation is 3. The Hall–Kier alpha value is -4.32. The molecular weight excluding hydrogens is 670 g/mol. The molecule has 0 heterocycles. The summed E-state index contributed by atoms with van der Waals surface area (Å²) in [5.41, 5.74) is 12.1. The Labute approximate surface area is 285 Å². The number of ether oxygens (including phenoxy) is 5. The van der Waals surface area contributed by atoms with Crippen molar-refractivity contribution in [2.75, 3.05) is 28.4 Å². The number of carbonyl (C=O) groups excluding carboxylic acids is 4. The van der Waals surface area contributed by atoms with Gasteiger partial charge in [-0.25, -0.2) is 14.4 Å². The number of alkyl halides is 1. The first-order valence-corrected chi connectivity index (χ1v) is 15.4. The van der Waals surface area contributed by atoms with Gasteiger partial charge in [-0.3, -0.25) is 4.79 Å². The summed E-state index contributed by atoms with van der Waals surface area (Å²) < 4.78 is 23.8. The van der Waals surface area contributed by atoms with Crippen LogP contribution in [0.2, 0.25) is 0 Å². The van der Waals surface area contributed by atoms with Gasteiger partial charge >= 0.3 is 23.9 Å². The van der Waals surface area contributed by atoms with E-state index in [9.17, 15) is 19.2 Å². The third-order valence-electron chi connectivity index (χ3n) is 6.55. The van der Waals surface area contributed by atoms with E-state index in [-0.39, 0.29) is 5.97 Å². The number of hydrogen-bond donors (Lipinski definition) is 1. The van der Waals surface area contributed by atoms with Crippen molar-refractivity contribution in [1.82, 2.24) is 0 Å². The first kappa shape index (κ1) is 40.7. The highest BCUT2D eigenvalue weighted by atomic mass is 79.9. The second kappa shape index (κ2) is 21.5. The van der Waals surface area contributed by atoms with Gasteiger partial charge in [0.25, 0.3) is 0 Å². The molecule has 10 nitrogen and oxygen atoms in total. The van der Waals surface area contributed by atoms with Crippen molar-refractivity contribution in [1.29, 1.82) is 0 Å². The average molecular weight is 715 g/mol. The van der Waals surface area contributed by atoms with E-state index >= 15 is 0 Å². The molecule has 3 rings (SSSR count). The number of esters is 4. The van der Waals surface area contributed by atoms with Crippen molar-refractivity contribution >= 4 is 45.9 Å². The molecule has 0 amide bonds. The first-order chi connectivity index (χ1) is 22.3. The second-order valence-corrected chi connectivity index (χ2v) is 11.2. The highest BCUT2D eigenvalue weighted by Gasteiger charge is 2.31. The molecule has 0 fully saturated rings. The molecule has 0 radical (unpaired) electrons. The molecule has 2 N–H and O–H groups in total. The molecule has 3 aromatic rings. The maximum atomic E-state index is 11.6. The number of methoxy groups -OCH3 is 4. The third-order valence-corrected chi connectivity index (χ3v) is 7.56. The minimum Gasteiger partial charge on any atom is -0.467 e. The smallest absolute Gasteiger partial charge is 0.348 e. The number of hydrogen-bond acceptors (Lipinski definition) is 10. The maximum Gasteiger partial charge on any atom is 0.348 e. The molecule has 0 aliphatic heterocycles. The molecule has 11 heteroatoms. The van der Waals surface area contributed by atoms with Crippen LogP contribution >= 0.6 is 15.9 Å². The van der Waals surface area contributed by atoms with Crippen LogP contribution in [-0.2, 0) is 42.9 Å². The molecular formula is C36H44BrNO9. The van der Waals surface area contributed by atoms with Gasteiger partial charge in [-0.1, -0.05) is 105 Å². The molecule has 0 saturated carbocycles. The summed E-state index contributed by atoms with van der Waals surface area (Å²) in [5, 5.41) is 0. The van der Waals surface area contributed by atoms with Crippen LogP contribution in [0.4, 0.5) is 0 Å². The topological polar surface area (TPSA) is 140 Å². The highest BCUT2D eigenvalue weighted by molar-refractivity contribution is 9.09. The fourth-order valence-corrected chi connectivity index (χ4v) is 4.46. The predicted molar refractivity (Wildman–Crippen MR) is 184 cm³/mol. The molecule has 0 spiro atoms. The summed E-state index contributed by atoms with van der Waals surface area (Å²) in [4.78, 5) is 44.3. The monoisotopic (exact) mass is 713 g/mol. The van der Waals surface area contributed by atoms with E-state index in [1.165, 1.54) is 47.0 Å². The SMILES string of the molecule is COC(=O)/C=C/c1ccc(C)cc1.COC(=O)[C@H](OC(C)=O)[C@@H](Br)c1ccc(C)cc1.COC(=O)[C@H](OC)[C@@H](N)c1ccc(C)cc1. The van der Waals surface area contributed by atoms with Gasteiger partial charge in [0, 0.05) is 20.1 Å². The minimum absolute atomic E-state index is 0.333. The zero-order valence-corrected chi connectivity index (χ0v) is 29.6. The Kier molecular flexibility index (Phi) is 18.6. The fraction of sp³-hybridized carbons (Fsp3) is 0.333. The molecule has 0 aromatic heterocycles. The highest BCUT2D eigenvalue weighted by Crippen LogP contribution is 2.29. The Morgan fingerprint density at radius 3 is 1.49 bits per heavy atom. The molecule has 47 heavy (non-hydrogen) atoms. The van der Waals surface area contributed by atoms with Gasteiger partial charge in [-0.2, -0.15) is 0 Å². The van der Waals surface area contributed by atoms with Gasteiger partial charge in [-0.05, 0) is 43.5 Å². The van der Waals surface area contributed by atoms with Gasteiger partial charge < -0.3 is 29.4 Å². The summed E-state index contributed by atoms with van der Waals surface area (Å²) in [5.74, 6) is -1.91. The third kappa shape index (κ3) is 14.8. The Balaban J connectivity index is 0.000000357. The predicted octanol–water partition coefficient (Wildman–Crippen LogP) is 5.90. The number of carbonyl (C=O) groups is 4. The molecule has 4 atom stereocenters. The van der Waals surface area contributed by atoms with Gasteiger partial charge in [0.2, 0.25) is 6.10 Å². The van der Waals surface area contributed by atoms with Crippen molar-refractivity contribution in [3.63, 3.8) is 0 Å². The Morgan fingerprint density at radius 2 is 1.09 bits per heavy atom. The number of halogens is 1. The Morgan fingerprint density at radius 1 is 0.660 bits per heavy atom. The van der Waals surface area contributed by atoms with Crippen LogP contribution in [0.1, 0.15) is 51.2 Å². The summed E-state index contributed by atoms with van der Waals surface area (Å²) in [7, 11) is 5.38. The molecule has 3 aromatic carbocycles. The minimum atomic E-state index is -0.991. The lowest BCUT2D eigenvalue weighted by molar-refractivity contribution is -0.164. The number of rotatable bonds is 10. The van der Waals surface area contributed by atoms with Crippen LogP contribution in [0, 0.1) is 20.8 Å². The lowest BCUT2D eigenvalue weighted by Gasteiger charge is -2.20. The number of benzene rings is 3. The molecule has 0 aliphatic carbocycles. The van der Waals surface area contributed by atoms with Crippen LogP contribution in [0.15, 0.2) is 78.9 Å². The quantitative estimate of drug-likeness (QED) is 0.117. The van der Waals surface area contributed by atoms with Crippen LogP contribution in [-0.4, -0.2) is 64.5 Å². The van der Waals surface area contributed by atoms with E-state index < -0.39 is 41.0 Å². The Bertz CT molecular complexity index is 1440. The maximum absolute atomic E-state index is 11.6. The van der Waals surface area contributed by atoms with Crippen LogP contribution in [0.3, 0.4) is 0 Å². The molecule has 0 bridgehead atoms. The van der Waals surface area contributed by atoms with Gasteiger partial charge in [0.05, 0.1) is 32.2 Å². The molecule has 0 saturated heterocycles. The van der Waals surface area contributed by atoms with Crippen LogP contribution in [0.25, 0.3) is 6.08 Å². The number of nitrogens with two attached hydrogens (primary N) is 1. The van der Waals surface area contributed by atoms with Crippen molar-refractivity contribution in [2.24, 2.45) is 5.73 Å². The van der Waals surface area contributed by atoms with Crippen molar-refractivity contribution in [3.8, 4) is 0 Å². The molecule has 0 aliphatic rings. The van der Waals surface area contributed by atoms with E-state index in [1.807, 2.05) is 93.6 Å². The average Bonchev–Trinajstić information content (AvgIpc) is 3.07. The fourth-order valence-electron chi connectivity index (χ4n) is 3.83. The zero-order chi connectivity index (χ0) is 35.5. The van der Waals surface area contributed by atoms with Gasteiger partial charge in [0.1, 0.15) is 0 Å². The van der Waals surface area contributed by atoms with Crippen molar-refractivity contribution in [2.45, 2.75) is 50.8 Å². The van der Waals surface area contributed by atoms with E-state index in [4.69, 9.17) is 15.2 Å². The van der Waals surface area contributed by atoms with Crippen LogP contribution in [0.5, 0.6) is 0 Å². The lowest BCUT2D eigenvalue weighted by Crippen LogP contribution is -2.36. The molecule has 254 valence electrons. The summed E-state index contributed by atoms with van der Waals surface area (Å²) >= 11 is 3.37. The normalized spacial score (nSPS) is 12.9. The van der Waals surface area contributed by atoms with Gasteiger partial charge in [0.15, 0.2) is 6.10 Å². The van der Waals surface area contributed by atoms with Crippen molar-refractivity contribution in [3.05, 3.63) is 112 Å². The first-order valence-electron chi connectivity index (χ1n) is 14.5. The van der Waals surface area contributed by atoms with E-state index in [0.29, 0.717) is 0 Å². The largest absolute Gasteiger partial charge is 0.467 e. The van der Waals surface area contributed by atoms with E-state index in [0.717, 1.165) is 27.8 Å². The second-order valence-electron chi connectivity index (χ2n) is 10.2.